The summed E-state index contributed by atoms with van der Waals surface area (Å²) < 4.78 is 31.2. The largest absolute Gasteiger partial charge is 0.497 e. The second-order valence-corrected chi connectivity index (χ2v) is 6.91. The Morgan fingerprint density at radius 3 is 2.57 bits per heavy atom. The van der Waals surface area contributed by atoms with Crippen LogP contribution < -0.4 is 14.4 Å². The lowest BCUT2D eigenvalue weighted by Gasteiger charge is -2.17. The monoisotopic (exact) mass is 312 g/mol. The highest BCUT2D eigenvalue weighted by Crippen LogP contribution is 2.24. The molecule has 1 atom stereocenters. The molecule has 1 aliphatic rings. The molecule has 6 nitrogen and oxygen atoms in total. The van der Waals surface area contributed by atoms with Crippen LogP contribution in [-0.4, -0.2) is 39.8 Å². The zero-order chi connectivity index (χ0) is 15.5. The van der Waals surface area contributed by atoms with Gasteiger partial charge in [-0.05, 0) is 30.7 Å². The molecule has 0 aliphatic carbocycles. The Kier molecular flexibility index (Phi) is 4.84. The minimum Gasteiger partial charge on any atom is -0.497 e. The number of sulfonamides is 1. The zero-order valence-electron chi connectivity index (χ0n) is 12.2. The van der Waals surface area contributed by atoms with Crippen LogP contribution in [0.1, 0.15) is 19.8 Å². The van der Waals surface area contributed by atoms with Gasteiger partial charge in [-0.2, -0.15) is 0 Å². The van der Waals surface area contributed by atoms with E-state index in [-0.39, 0.29) is 24.1 Å². The molecule has 1 N–H and O–H groups in total. The number of nitrogens with one attached hydrogen (secondary N) is 1. The number of carbonyl (C=O) groups is 1. The van der Waals surface area contributed by atoms with Gasteiger partial charge in [0.05, 0.1) is 12.9 Å². The summed E-state index contributed by atoms with van der Waals surface area (Å²) in [5, 5.41) is 0. The third-order valence-corrected chi connectivity index (χ3v) is 4.97. The highest BCUT2D eigenvalue weighted by molar-refractivity contribution is 7.89. The van der Waals surface area contributed by atoms with Gasteiger partial charge in [-0.15, -0.1) is 0 Å². The number of hydrogen-bond acceptors (Lipinski definition) is 4. The quantitative estimate of drug-likeness (QED) is 0.854. The SMILES string of the molecule is CCCS(=O)(=O)N[C@H]1CC(=O)N(c2ccc(OC)cc2)C1. The molecule has 0 unspecified atom stereocenters. The Morgan fingerprint density at radius 2 is 2.00 bits per heavy atom. The lowest BCUT2D eigenvalue weighted by Crippen LogP contribution is -2.38. The van der Waals surface area contributed by atoms with Crippen LogP contribution in [0.4, 0.5) is 5.69 Å². The van der Waals surface area contributed by atoms with Crippen molar-refractivity contribution in [3.8, 4) is 5.75 Å². The molecule has 0 spiro atoms. The lowest BCUT2D eigenvalue weighted by atomic mass is 10.3. The molecule has 1 amide bonds. The number of ether oxygens (including phenoxy) is 1. The average Bonchev–Trinajstić information content (AvgIpc) is 2.78. The number of amides is 1. The van der Waals surface area contributed by atoms with Crippen LogP contribution in [-0.2, 0) is 14.8 Å². The molecule has 0 radical (unpaired) electrons. The Morgan fingerprint density at radius 1 is 1.33 bits per heavy atom. The maximum Gasteiger partial charge on any atom is 0.228 e. The fourth-order valence-corrected chi connectivity index (χ4v) is 3.70. The second kappa shape index (κ2) is 6.44. The number of rotatable bonds is 6. The van der Waals surface area contributed by atoms with Gasteiger partial charge < -0.3 is 9.64 Å². The van der Waals surface area contributed by atoms with Crippen molar-refractivity contribution in [3.05, 3.63) is 24.3 Å². The van der Waals surface area contributed by atoms with Crippen molar-refractivity contribution in [1.29, 1.82) is 0 Å². The predicted molar refractivity (Wildman–Crippen MR) is 81.0 cm³/mol. The van der Waals surface area contributed by atoms with Crippen LogP contribution in [0.5, 0.6) is 5.75 Å². The van der Waals surface area contributed by atoms with Gasteiger partial charge in [-0.25, -0.2) is 13.1 Å². The van der Waals surface area contributed by atoms with Gasteiger partial charge in [0.25, 0.3) is 0 Å². The Hall–Kier alpha value is -1.60. The van der Waals surface area contributed by atoms with Gasteiger partial charge in [-0.1, -0.05) is 6.92 Å². The summed E-state index contributed by atoms with van der Waals surface area (Å²) in [6.45, 7) is 2.16. The average molecular weight is 312 g/mol. The third-order valence-electron chi connectivity index (χ3n) is 3.33. The first kappa shape index (κ1) is 15.8. The smallest absolute Gasteiger partial charge is 0.228 e. The van der Waals surface area contributed by atoms with Crippen molar-refractivity contribution in [2.45, 2.75) is 25.8 Å². The van der Waals surface area contributed by atoms with Gasteiger partial charge in [0.1, 0.15) is 5.75 Å². The summed E-state index contributed by atoms with van der Waals surface area (Å²) in [4.78, 5) is 13.6. The molecule has 0 aromatic heterocycles. The van der Waals surface area contributed by atoms with E-state index in [1.54, 1.807) is 36.3 Å². The molecular weight excluding hydrogens is 292 g/mol. The molecule has 1 saturated heterocycles. The Balaban J connectivity index is 2.05. The summed E-state index contributed by atoms with van der Waals surface area (Å²) >= 11 is 0. The van der Waals surface area contributed by atoms with E-state index in [1.165, 1.54) is 0 Å². The molecule has 1 aliphatic heterocycles. The van der Waals surface area contributed by atoms with E-state index in [0.717, 1.165) is 5.69 Å². The summed E-state index contributed by atoms with van der Waals surface area (Å²) in [6, 6.07) is 6.77. The van der Waals surface area contributed by atoms with Gasteiger partial charge in [0.2, 0.25) is 15.9 Å². The molecule has 7 heteroatoms. The van der Waals surface area contributed by atoms with Gasteiger partial charge in [0.15, 0.2) is 0 Å². The van der Waals surface area contributed by atoms with Gasteiger partial charge in [-0.3, -0.25) is 4.79 Å². The van der Waals surface area contributed by atoms with E-state index in [0.29, 0.717) is 18.7 Å². The molecule has 0 bridgehead atoms. The van der Waals surface area contributed by atoms with Crippen molar-refractivity contribution in [2.75, 3.05) is 24.3 Å². The molecule has 1 fully saturated rings. The highest BCUT2D eigenvalue weighted by Gasteiger charge is 2.32. The van der Waals surface area contributed by atoms with E-state index in [1.807, 2.05) is 6.92 Å². The number of benzene rings is 1. The normalized spacial score (nSPS) is 19.0. The standard InChI is InChI=1S/C14H20N2O4S/c1-3-8-21(18,19)15-11-9-14(17)16(10-11)12-4-6-13(20-2)7-5-12/h4-7,11,15H,3,8-10H2,1-2H3/t11-/m0/s1. The van der Waals surface area contributed by atoms with Gasteiger partial charge in [0, 0.05) is 24.7 Å². The predicted octanol–water partition coefficient (Wildman–Crippen LogP) is 1.13. The number of carbonyl (C=O) groups excluding carboxylic acids is 1. The maximum atomic E-state index is 12.0. The number of nitrogens with zero attached hydrogens (tertiary/aromatic N) is 1. The molecule has 21 heavy (non-hydrogen) atoms. The van der Waals surface area contributed by atoms with Crippen molar-refractivity contribution < 1.29 is 17.9 Å². The van der Waals surface area contributed by atoms with Crippen molar-refractivity contribution >= 4 is 21.6 Å². The topological polar surface area (TPSA) is 75.7 Å². The Labute approximate surface area is 125 Å². The molecule has 1 heterocycles. The third kappa shape index (κ3) is 3.95. The summed E-state index contributed by atoms with van der Waals surface area (Å²) in [7, 11) is -1.73. The van der Waals surface area contributed by atoms with Crippen LogP contribution >= 0.6 is 0 Å². The first-order valence-corrected chi connectivity index (χ1v) is 8.55. The van der Waals surface area contributed by atoms with E-state index < -0.39 is 10.0 Å². The Bertz CT molecular complexity index is 598. The molecule has 0 saturated carbocycles. The minimum absolute atomic E-state index is 0.0793. The summed E-state index contributed by atoms with van der Waals surface area (Å²) in [5.74, 6) is 0.718. The first-order valence-electron chi connectivity index (χ1n) is 6.89. The van der Waals surface area contributed by atoms with Gasteiger partial charge >= 0.3 is 0 Å². The van der Waals surface area contributed by atoms with Crippen LogP contribution in [0.15, 0.2) is 24.3 Å². The second-order valence-electron chi connectivity index (χ2n) is 5.04. The molecule has 1 aromatic rings. The lowest BCUT2D eigenvalue weighted by molar-refractivity contribution is -0.117. The molecular formula is C14H20N2O4S. The first-order chi connectivity index (χ1) is 9.95. The number of hydrogen-bond donors (Lipinski definition) is 1. The number of methoxy groups -OCH3 is 1. The fraction of sp³-hybridized carbons (Fsp3) is 0.500. The van der Waals surface area contributed by atoms with Crippen molar-refractivity contribution in [1.82, 2.24) is 4.72 Å². The van der Waals surface area contributed by atoms with Crippen LogP contribution in [0.2, 0.25) is 0 Å². The van der Waals surface area contributed by atoms with E-state index in [4.69, 9.17) is 4.74 Å². The highest BCUT2D eigenvalue weighted by atomic mass is 32.2. The number of anilines is 1. The van der Waals surface area contributed by atoms with E-state index in [2.05, 4.69) is 4.72 Å². The molecule has 2 rings (SSSR count). The molecule has 1 aromatic carbocycles. The van der Waals surface area contributed by atoms with Crippen LogP contribution in [0.3, 0.4) is 0 Å². The summed E-state index contributed by atoms with van der Waals surface area (Å²) in [5.41, 5.74) is 0.748. The maximum absolute atomic E-state index is 12.0. The van der Waals surface area contributed by atoms with E-state index in [9.17, 15) is 13.2 Å². The summed E-state index contributed by atoms with van der Waals surface area (Å²) in [6.07, 6.45) is 0.743. The van der Waals surface area contributed by atoms with Crippen molar-refractivity contribution in [2.24, 2.45) is 0 Å². The molecule has 116 valence electrons. The van der Waals surface area contributed by atoms with Crippen molar-refractivity contribution in [3.63, 3.8) is 0 Å². The van der Waals surface area contributed by atoms with Crippen LogP contribution in [0.25, 0.3) is 0 Å². The van der Waals surface area contributed by atoms with E-state index >= 15 is 0 Å². The minimum atomic E-state index is -3.30. The zero-order valence-corrected chi connectivity index (χ0v) is 13.0. The fourth-order valence-electron chi connectivity index (χ4n) is 2.38. The van der Waals surface area contributed by atoms with Crippen LogP contribution in [0, 0.1) is 0 Å².